The maximum Gasteiger partial charge on any atom is 0.196 e. The summed E-state index contributed by atoms with van der Waals surface area (Å²) >= 11 is 1.44. The SMILES string of the molecule is N/C(=N/O)c1ncccc1Sc1nnc2n1CCCCC2. The first-order chi connectivity index (χ1) is 10.3. The summed E-state index contributed by atoms with van der Waals surface area (Å²) in [6.45, 7) is 0.934. The van der Waals surface area contributed by atoms with Crippen molar-refractivity contribution in [3.63, 3.8) is 0 Å². The molecule has 0 unspecified atom stereocenters. The molecule has 2 aromatic heterocycles. The van der Waals surface area contributed by atoms with Crippen LogP contribution in [0.3, 0.4) is 0 Å². The first-order valence-corrected chi connectivity index (χ1v) is 7.64. The predicted molar refractivity (Wildman–Crippen MR) is 78.4 cm³/mol. The van der Waals surface area contributed by atoms with E-state index in [2.05, 4.69) is 24.9 Å². The highest BCUT2D eigenvalue weighted by molar-refractivity contribution is 7.99. The molecular formula is C13H16N6OS. The molecule has 0 atom stereocenters. The fourth-order valence-corrected chi connectivity index (χ4v) is 3.33. The first kappa shape index (κ1) is 13.9. The second-order valence-electron chi connectivity index (χ2n) is 4.80. The number of oxime groups is 1. The molecule has 3 heterocycles. The summed E-state index contributed by atoms with van der Waals surface area (Å²) in [5.41, 5.74) is 6.12. The van der Waals surface area contributed by atoms with Gasteiger partial charge in [-0.2, -0.15) is 0 Å². The number of rotatable bonds is 3. The van der Waals surface area contributed by atoms with Crippen molar-refractivity contribution in [1.29, 1.82) is 0 Å². The van der Waals surface area contributed by atoms with E-state index in [-0.39, 0.29) is 5.84 Å². The van der Waals surface area contributed by atoms with Crippen molar-refractivity contribution in [2.24, 2.45) is 10.9 Å². The smallest absolute Gasteiger partial charge is 0.196 e. The van der Waals surface area contributed by atoms with Gasteiger partial charge in [0.1, 0.15) is 11.5 Å². The highest BCUT2D eigenvalue weighted by Gasteiger charge is 2.18. The number of aryl methyl sites for hydroxylation is 1. The van der Waals surface area contributed by atoms with Gasteiger partial charge in [-0.3, -0.25) is 4.98 Å². The Labute approximate surface area is 126 Å². The quantitative estimate of drug-likeness (QED) is 0.387. The zero-order chi connectivity index (χ0) is 14.7. The van der Waals surface area contributed by atoms with Crippen molar-refractivity contribution in [3.05, 3.63) is 29.8 Å². The Kier molecular flexibility index (Phi) is 4.05. The Morgan fingerprint density at radius 1 is 1.33 bits per heavy atom. The van der Waals surface area contributed by atoms with E-state index in [1.807, 2.05) is 12.1 Å². The van der Waals surface area contributed by atoms with Crippen LogP contribution in [0.4, 0.5) is 0 Å². The molecule has 0 saturated heterocycles. The lowest BCUT2D eigenvalue weighted by molar-refractivity contribution is 0.318. The van der Waals surface area contributed by atoms with E-state index in [4.69, 9.17) is 10.9 Å². The average molecular weight is 304 g/mol. The third-order valence-corrected chi connectivity index (χ3v) is 4.43. The van der Waals surface area contributed by atoms with Gasteiger partial charge in [-0.25, -0.2) is 0 Å². The standard InChI is InChI=1S/C13H16N6OS/c14-12(18-20)11-9(5-4-7-15-11)21-13-17-16-10-6-2-1-3-8-19(10)13/h4-5,7,20H,1-3,6,8H2,(H2,14,18). The topological polar surface area (TPSA) is 102 Å². The molecule has 110 valence electrons. The van der Waals surface area contributed by atoms with Gasteiger partial charge in [-0.15, -0.1) is 10.2 Å². The summed E-state index contributed by atoms with van der Waals surface area (Å²) in [7, 11) is 0. The molecular weight excluding hydrogens is 288 g/mol. The Bertz CT molecular complexity index is 668. The Morgan fingerprint density at radius 3 is 3.10 bits per heavy atom. The molecule has 0 bridgehead atoms. The van der Waals surface area contributed by atoms with Crippen LogP contribution in [0.5, 0.6) is 0 Å². The molecule has 2 aromatic rings. The Hall–Kier alpha value is -2.09. The third-order valence-electron chi connectivity index (χ3n) is 3.40. The number of pyridine rings is 1. The number of amidine groups is 1. The van der Waals surface area contributed by atoms with Crippen LogP contribution in [-0.2, 0) is 13.0 Å². The molecule has 3 rings (SSSR count). The van der Waals surface area contributed by atoms with Crippen molar-refractivity contribution in [1.82, 2.24) is 19.7 Å². The van der Waals surface area contributed by atoms with Crippen LogP contribution in [0, 0.1) is 0 Å². The molecule has 1 aliphatic heterocycles. The summed E-state index contributed by atoms with van der Waals surface area (Å²) in [5, 5.41) is 21.2. The molecule has 1 aliphatic rings. The van der Waals surface area contributed by atoms with Crippen molar-refractivity contribution in [2.75, 3.05) is 0 Å². The van der Waals surface area contributed by atoms with Crippen molar-refractivity contribution >= 4 is 17.6 Å². The molecule has 0 aliphatic carbocycles. The maximum absolute atomic E-state index is 8.85. The summed E-state index contributed by atoms with van der Waals surface area (Å²) in [5.74, 6) is 1.03. The number of hydrogen-bond acceptors (Lipinski definition) is 6. The number of fused-ring (bicyclic) bond motifs is 1. The highest BCUT2D eigenvalue weighted by Crippen LogP contribution is 2.30. The zero-order valence-corrected chi connectivity index (χ0v) is 12.3. The van der Waals surface area contributed by atoms with Crippen molar-refractivity contribution in [3.8, 4) is 0 Å². The molecule has 0 saturated carbocycles. The van der Waals surface area contributed by atoms with Gasteiger partial charge >= 0.3 is 0 Å². The molecule has 7 nitrogen and oxygen atoms in total. The lowest BCUT2D eigenvalue weighted by atomic mass is 10.2. The van der Waals surface area contributed by atoms with Crippen LogP contribution in [-0.4, -0.2) is 30.8 Å². The number of nitrogens with two attached hydrogens (primary N) is 1. The molecule has 21 heavy (non-hydrogen) atoms. The number of hydrogen-bond donors (Lipinski definition) is 2. The van der Waals surface area contributed by atoms with E-state index >= 15 is 0 Å². The van der Waals surface area contributed by atoms with Crippen molar-refractivity contribution in [2.45, 2.75) is 42.3 Å². The summed E-state index contributed by atoms with van der Waals surface area (Å²) < 4.78 is 2.15. The van der Waals surface area contributed by atoms with Gasteiger partial charge in [0.25, 0.3) is 0 Å². The van der Waals surface area contributed by atoms with Crippen LogP contribution in [0.1, 0.15) is 30.8 Å². The van der Waals surface area contributed by atoms with Crippen LogP contribution in [0.2, 0.25) is 0 Å². The normalized spacial score (nSPS) is 15.5. The monoisotopic (exact) mass is 304 g/mol. The summed E-state index contributed by atoms with van der Waals surface area (Å²) in [6.07, 6.45) is 6.09. The Balaban J connectivity index is 1.93. The average Bonchev–Trinajstić information content (AvgIpc) is 2.74. The van der Waals surface area contributed by atoms with Gasteiger partial charge in [0, 0.05) is 24.1 Å². The van der Waals surface area contributed by atoms with Crippen molar-refractivity contribution < 1.29 is 5.21 Å². The maximum atomic E-state index is 8.85. The predicted octanol–water partition coefficient (Wildman–Crippen LogP) is 1.65. The number of aromatic nitrogens is 4. The minimum absolute atomic E-state index is 0.00583. The van der Waals surface area contributed by atoms with Crippen LogP contribution < -0.4 is 5.73 Å². The zero-order valence-electron chi connectivity index (χ0n) is 11.4. The van der Waals surface area contributed by atoms with Gasteiger partial charge < -0.3 is 15.5 Å². The molecule has 0 fully saturated rings. The van der Waals surface area contributed by atoms with E-state index < -0.39 is 0 Å². The Morgan fingerprint density at radius 2 is 2.24 bits per heavy atom. The molecule has 3 N–H and O–H groups in total. The van der Waals surface area contributed by atoms with Gasteiger partial charge in [-0.05, 0) is 36.7 Å². The van der Waals surface area contributed by atoms with Crippen LogP contribution in [0.25, 0.3) is 0 Å². The summed E-state index contributed by atoms with van der Waals surface area (Å²) in [6, 6.07) is 3.69. The summed E-state index contributed by atoms with van der Waals surface area (Å²) in [4.78, 5) is 4.96. The fourth-order valence-electron chi connectivity index (χ4n) is 2.34. The van der Waals surface area contributed by atoms with Gasteiger partial charge in [0.2, 0.25) is 0 Å². The molecule has 0 amide bonds. The van der Waals surface area contributed by atoms with Gasteiger partial charge in [-0.1, -0.05) is 11.6 Å². The van der Waals surface area contributed by atoms with Crippen LogP contribution >= 0.6 is 11.8 Å². The minimum atomic E-state index is -0.00583. The highest BCUT2D eigenvalue weighted by atomic mass is 32.2. The second kappa shape index (κ2) is 6.13. The van der Waals surface area contributed by atoms with E-state index in [9.17, 15) is 0 Å². The molecule has 8 heteroatoms. The third kappa shape index (κ3) is 2.85. The largest absolute Gasteiger partial charge is 0.409 e. The molecule has 0 aromatic carbocycles. The van der Waals surface area contributed by atoms with Gasteiger partial charge in [0.15, 0.2) is 11.0 Å². The van der Waals surface area contributed by atoms with Gasteiger partial charge in [0.05, 0.1) is 0 Å². The fraction of sp³-hybridized carbons (Fsp3) is 0.385. The lowest BCUT2D eigenvalue weighted by Crippen LogP contribution is -2.16. The van der Waals surface area contributed by atoms with E-state index in [1.54, 1.807) is 6.20 Å². The van der Waals surface area contributed by atoms with Crippen LogP contribution in [0.15, 0.2) is 33.5 Å². The van der Waals surface area contributed by atoms with E-state index in [0.29, 0.717) is 5.69 Å². The minimum Gasteiger partial charge on any atom is -0.409 e. The number of nitrogens with zero attached hydrogens (tertiary/aromatic N) is 5. The lowest BCUT2D eigenvalue weighted by Gasteiger charge is -2.08. The molecule has 0 spiro atoms. The second-order valence-corrected chi connectivity index (χ2v) is 5.81. The van der Waals surface area contributed by atoms with E-state index in [0.717, 1.165) is 41.7 Å². The van der Waals surface area contributed by atoms with E-state index in [1.165, 1.54) is 18.2 Å². The molecule has 0 radical (unpaired) electrons. The first-order valence-electron chi connectivity index (χ1n) is 6.82.